The second-order valence-electron chi connectivity index (χ2n) is 3.94. The molecule has 0 spiro atoms. The van der Waals surface area contributed by atoms with Crippen molar-refractivity contribution < 1.29 is 9.84 Å². The van der Waals surface area contributed by atoms with Crippen LogP contribution in [0.15, 0.2) is 36.4 Å². The van der Waals surface area contributed by atoms with E-state index in [1.54, 1.807) is 7.11 Å². The summed E-state index contributed by atoms with van der Waals surface area (Å²) in [5.41, 5.74) is 1.76. The third-order valence-corrected chi connectivity index (χ3v) is 2.67. The second-order valence-corrected chi connectivity index (χ2v) is 3.94. The minimum absolute atomic E-state index is 0.558. The highest BCUT2D eigenvalue weighted by molar-refractivity contribution is 5.31. The zero-order valence-electron chi connectivity index (χ0n) is 10.1. The van der Waals surface area contributed by atoms with Crippen molar-refractivity contribution in [3.05, 3.63) is 42.0 Å². The van der Waals surface area contributed by atoms with Crippen LogP contribution in [0.4, 0.5) is 0 Å². The number of rotatable bonds is 6. The molecule has 16 heavy (non-hydrogen) atoms. The van der Waals surface area contributed by atoms with Crippen LogP contribution in [0.5, 0.6) is 5.75 Å². The van der Waals surface area contributed by atoms with Crippen LogP contribution < -0.4 is 4.74 Å². The molecule has 0 aliphatic heterocycles. The van der Waals surface area contributed by atoms with Crippen molar-refractivity contribution in [2.45, 2.75) is 32.3 Å². The SMILES string of the molecule is C=C(CCCC)C(O)c1ccc(OC)cc1. The third-order valence-electron chi connectivity index (χ3n) is 2.67. The second kappa shape index (κ2) is 6.33. The normalized spacial score (nSPS) is 12.2. The third kappa shape index (κ3) is 3.38. The molecule has 1 atom stereocenters. The Kier molecular flexibility index (Phi) is 5.06. The summed E-state index contributed by atoms with van der Waals surface area (Å²) in [5.74, 6) is 0.801. The zero-order chi connectivity index (χ0) is 12.0. The van der Waals surface area contributed by atoms with Gasteiger partial charge in [-0.15, -0.1) is 0 Å². The zero-order valence-corrected chi connectivity index (χ0v) is 10.1. The van der Waals surface area contributed by atoms with Crippen LogP contribution in [0, 0.1) is 0 Å². The van der Waals surface area contributed by atoms with Gasteiger partial charge in [0.15, 0.2) is 0 Å². The van der Waals surface area contributed by atoms with Gasteiger partial charge in [-0.1, -0.05) is 32.1 Å². The maximum atomic E-state index is 10.0. The van der Waals surface area contributed by atoms with Gasteiger partial charge in [-0.2, -0.15) is 0 Å². The molecule has 0 bridgehead atoms. The number of benzene rings is 1. The number of unbranched alkanes of at least 4 members (excludes halogenated alkanes) is 1. The van der Waals surface area contributed by atoms with Crippen LogP contribution in [0.3, 0.4) is 0 Å². The molecule has 0 amide bonds. The molecule has 2 nitrogen and oxygen atoms in total. The van der Waals surface area contributed by atoms with E-state index in [4.69, 9.17) is 4.74 Å². The standard InChI is InChI=1S/C14H20O2/c1-4-5-6-11(2)14(15)12-7-9-13(16-3)10-8-12/h7-10,14-15H,2,4-6H2,1,3H3. The van der Waals surface area contributed by atoms with Gasteiger partial charge in [0, 0.05) is 0 Å². The van der Waals surface area contributed by atoms with E-state index in [1.165, 1.54) is 0 Å². The maximum absolute atomic E-state index is 10.0. The smallest absolute Gasteiger partial charge is 0.118 e. The fourth-order valence-electron chi connectivity index (χ4n) is 1.56. The first-order chi connectivity index (χ1) is 7.69. The minimum Gasteiger partial charge on any atom is -0.497 e. The number of hydrogen-bond acceptors (Lipinski definition) is 2. The van der Waals surface area contributed by atoms with Crippen molar-refractivity contribution >= 4 is 0 Å². The van der Waals surface area contributed by atoms with Gasteiger partial charge < -0.3 is 9.84 Å². The quantitative estimate of drug-likeness (QED) is 0.744. The summed E-state index contributed by atoms with van der Waals surface area (Å²) in [6, 6.07) is 7.46. The number of aliphatic hydroxyl groups is 1. The minimum atomic E-state index is -0.558. The molecule has 0 aromatic heterocycles. The number of aliphatic hydroxyl groups excluding tert-OH is 1. The van der Waals surface area contributed by atoms with Gasteiger partial charge in [-0.3, -0.25) is 0 Å². The average molecular weight is 220 g/mol. The summed E-state index contributed by atoms with van der Waals surface area (Å²) in [6.45, 7) is 6.06. The van der Waals surface area contributed by atoms with Crippen molar-refractivity contribution in [1.82, 2.24) is 0 Å². The van der Waals surface area contributed by atoms with Gasteiger partial charge in [0.1, 0.15) is 5.75 Å². The molecule has 0 heterocycles. The van der Waals surface area contributed by atoms with Crippen molar-refractivity contribution in [2.24, 2.45) is 0 Å². The maximum Gasteiger partial charge on any atom is 0.118 e. The van der Waals surface area contributed by atoms with Crippen LogP contribution >= 0.6 is 0 Å². The van der Waals surface area contributed by atoms with Crippen LogP contribution in [0.2, 0.25) is 0 Å². The van der Waals surface area contributed by atoms with Crippen LogP contribution in [0.25, 0.3) is 0 Å². The van der Waals surface area contributed by atoms with Crippen molar-refractivity contribution in [3.8, 4) is 5.75 Å². The van der Waals surface area contributed by atoms with Gasteiger partial charge in [0.25, 0.3) is 0 Å². The summed E-state index contributed by atoms with van der Waals surface area (Å²) in [4.78, 5) is 0. The Morgan fingerprint density at radius 3 is 2.50 bits per heavy atom. The fourth-order valence-corrected chi connectivity index (χ4v) is 1.56. The predicted molar refractivity (Wildman–Crippen MR) is 66.6 cm³/mol. The van der Waals surface area contributed by atoms with E-state index in [9.17, 15) is 5.11 Å². The lowest BCUT2D eigenvalue weighted by molar-refractivity contribution is 0.211. The molecule has 0 saturated heterocycles. The summed E-state index contributed by atoms with van der Waals surface area (Å²) in [6.07, 6.45) is 2.52. The van der Waals surface area contributed by atoms with E-state index in [0.29, 0.717) is 0 Å². The monoisotopic (exact) mass is 220 g/mol. The van der Waals surface area contributed by atoms with Crippen molar-refractivity contribution in [2.75, 3.05) is 7.11 Å². The van der Waals surface area contributed by atoms with Gasteiger partial charge >= 0.3 is 0 Å². The molecule has 1 aromatic carbocycles. The van der Waals surface area contributed by atoms with Crippen LogP contribution in [0.1, 0.15) is 37.9 Å². The molecule has 0 aliphatic carbocycles. The molecule has 0 radical (unpaired) electrons. The molecular formula is C14H20O2. The lowest BCUT2D eigenvalue weighted by atomic mass is 9.99. The van der Waals surface area contributed by atoms with Gasteiger partial charge in [-0.25, -0.2) is 0 Å². The van der Waals surface area contributed by atoms with E-state index in [2.05, 4.69) is 13.5 Å². The molecule has 1 rings (SSSR count). The highest BCUT2D eigenvalue weighted by Gasteiger charge is 2.10. The Bertz CT molecular complexity index is 327. The first-order valence-electron chi connectivity index (χ1n) is 5.68. The predicted octanol–water partition coefficient (Wildman–Crippen LogP) is 3.48. The summed E-state index contributed by atoms with van der Waals surface area (Å²) in [7, 11) is 1.63. The fraction of sp³-hybridized carbons (Fsp3) is 0.429. The Hall–Kier alpha value is -1.28. The van der Waals surface area contributed by atoms with E-state index in [0.717, 1.165) is 36.1 Å². The number of methoxy groups -OCH3 is 1. The van der Waals surface area contributed by atoms with Gasteiger partial charge in [-0.05, 0) is 36.1 Å². The van der Waals surface area contributed by atoms with E-state index >= 15 is 0 Å². The molecule has 1 unspecified atom stereocenters. The summed E-state index contributed by atoms with van der Waals surface area (Å²) >= 11 is 0. The first kappa shape index (κ1) is 12.8. The average Bonchev–Trinajstić information content (AvgIpc) is 2.35. The number of hydrogen-bond donors (Lipinski definition) is 1. The molecule has 88 valence electrons. The largest absolute Gasteiger partial charge is 0.497 e. The Morgan fingerprint density at radius 2 is 2.00 bits per heavy atom. The van der Waals surface area contributed by atoms with Gasteiger partial charge in [0.05, 0.1) is 13.2 Å². The Morgan fingerprint density at radius 1 is 1.38 bits per heavy atom. The molecule has 0 fully saturated rings. The summed E-state index contributed by atoms with van der Waals surface area (Å²) in [5, 5.41) is 10.0. The number of ether oxygens (including phenoxy) is 1. The van der Waals surface area contributed by atoms with E-state index < -0.39 is 6.10 Å². The van der Waals surface area contributed by atoms with Crippen molar-refractivity contribution in [1.29, 1.82) is 0 Å². The first-order valence-corrected chi connectivity index (χ1v) is 5.68. The van der Waals surface area contributed by atoms with Crippen molar-refractivity contribution in [3.63, 3.8) is 0 Å². The Labute approximate surface area is 97.6 Å². The molecular weight excluding hydrogens is 200 g/mol. The molecule has 0 aliphatic rings. The summed E-state index contributed by atoms with van der Waals surface area (Å²) < 4.78 is 5.07. The molecule has 1 N–H and O–H groups in total. The van der Waals surface area contributed by atoms with Gasteiger partial charge in [0.2, 0.25) is 0 Å². The Balaban J connectivity index is 2.64. The lowest BCUT2D eigenvalue weighted by Gasteiger charge is -2.14. The lowest BCUT2D eigenvalue weighted by Crippen LogP contribution is -2.00. The van der Waals surface area contributed by atoms with E-state index in [1.807, 2.05) is 24.3 Å². The molecule has 1 aromatic rings. The topological polar surface area (TPSA) is 29.5 Å². The highest BCUT2D eigenvalue weighted by Crippen LogP contribution is 2.25. The van der Waals surface area contributed by atoms with Crippen LogP contribution in [-0.2, 0) is 0 Å². The van der Waals surface area contributed by atoms with E-state index in [-0.39, 0.29) is 0 Å². The molecule has 2 heteroatoms. The highest BCUT2D eigenvalue weighted by atomic mass is 16.5. The molecule has 0 saturated carbocycles. The van der Waals surface area contributed by atoms with Crippen LogP contribution in [-0.4, -0.2) is 12.2 Å².